The molecule has 0 aliphatic carbocycles. The van der Waals surface area contributed by atoms with Crippen LogP contribution in [-0.2, 0) is 5.33 Å². The second-order valence-corrected chi connectivity index (χ2v) is 4.90. The zero-order valence-electron chi connectivity index (χ0n) is 7.62. The normalized spacial score (nSPS) is 10.6. The van der Waals surface area contributed by atoms with Gasteiger partial charge >= 0.3 is 0 Å². The lowest BCUT2D eigenvalue weighted by molar-refractivity contribution is 0.880. The standard InChI is InChI=1S/C10H7Br2ClN2/c11-4-7-1-2-9(3-10(7)13)15-6-8(12)5-14-15/h1-3,5-6H,4H2. The predicted octanol–water partition coefficient (Wildman–Crippen LogP) is 4.18. The van der Waals surface area contributed by atoms with Gasteiger partial charge in [-0.1, -0.05) is 33.6 Å². The number of halogens is 3. The van der Waals surface area contributed by atoms with Crippen LogP contribution < -0.4 is 0 Å². The van der Waals surface area contributed by atoms with E-state index in [1.807, 2.05) is 24.4 Å². The quantitative estimate of drug-likeness (QED) is 0.743. The summed E-state index contributed by atoms with van der Waals surface area (Å²) in [4.78, 5) is 0. The van der Waals surface area contributed by atoms with Crippen LogP contribution in [-0.4, -0.2) is 9.78 Å². The summed E-state index contributed by atoms with van der Waals surface area (Å²) in [7, 11) is 0. The first-order valence-corrected chi connectivity index (χ1v) is 6.55. The summed E-state index contributed by atoms with van der Waals surface area (Å²) in [5, 5.41) is 5.69. The highest BCUT2D eigenvalue weighted by atomic mass is 79.9. The van der Waals surface area contributed by atoms with Crippen LogP contribution in [0, 0.1) is 0 Å². The second kappa shape index (κ2) is 4.68. The van der Waals surface area contributed by atoms with Gasteiger partial charge in [0, 0.05) is 16.5 Å². The molecule has 2 rings (SSSR count). The first-order valence-electron chi connectivity index (χ1n) is 4.25. The van der Waals surface area contributed by atoms with Gasteiger partial charge in [0.2, 0.25) is 0 Å². The maximum Gasteiger partial charge on any atom is 0.0661 e. The second-order valence-electron chi connectivity index (χ2n) is 3.01. The molecule has 0 fully saturated rings. The van der Waals surface area contributed by atoms with Crippen molar-refractivity contribution >= 4 is 43.5 Å². The minimum atomic E-state index is 0.746. The number of alkyl halides is 1. The summed E-state index contributed by atoms with van der Waals surface area (Å²) < 4.78 is 2.72. The summed E-state index contributed by atoms with van der Waals surface area (Å²) in [6.45, 7) is 0. The molecule has 0 saturated carbocycles. The average molecular weight is 350 g/mol. The highest BCUT2D eigenvalue weighted by molar-refractivity contribution is 9.10. The van der Waals surface area contributed by atoms with E-state index in [9.17, 15) is 0 Å². The van der Waals surface area contributed by atoms with E-state index in [4.69, 9.17) is 11.6 Å². The molecule has 1 aromatic heterocycles. The van der Waals surface area contributed by atoms with E-state index in [1.54, 1.807) is 10.9 Å². The van der Waals surface area contributed by atoms with Crippen molar-refractivity contribution in [2.24, 2.45) is 0 Å². The minimum absolute atomic E-state index is 0.746. The summed E-state index contributed by atoms with van der Waals surface area (Å²) in [6, 6.07) is 5.88. The summed E-state index contributed by atoms with van der Waals surface area (Å²) in [5.74, 6) is 0. The number of rotatable bonds is 2. The fraction of sp³-hybridized carbons (Fsp3) is 0.100. The Balaban J connectivity index is 2.42. The molecule has 0 atom stereocenters. The number of nitrogens with zero attached hydrogens (tertiary/aromatic N) is 2. The molecule has 0 unspecified atom stereocenters. The van der Waals surface area contributed by atoms with Gasteiger partial charge in [0.05, 0.1) is 16.4 Å². The molecule has 2 nitrogen and oxygen atoms in total. The average Bonchev–Trinajstić information content (AvgIpc) is 2.65. The third-order valence-corrected chi connectivity index (χ3v) is 3.36. The lowest BCUT2D eigenvalue weighted by Crippen LogP contribution is -1.94. The van der Waals surface area contributed by atoms with Gasteiger partial charge in [0.25, 0.3) is 0 Å². The van der Waals surface area contributed by atoms with Crippen molar-refractivity contribution in [2.75, 3.05) is 0 Å². The van der Waals surface area contributed by atoms with Crippen LogP contribution in [0.15, 0.2) is 35.1 Å². The molecule has 2 aromatic rings. The van der Waals surface area contributed by atoms with Crippen LogP contribution in [0.2, 0.25) is 5.02 Å². The van der Waals surface area contributed by atoms with Gasteiger partial charge in [0.15, 0.2) is 0 Å². The van der Waals surface area contributed by atoms with E-state index in [0.717, 1.165) is 26.1 Å². The Bertz CT molecular complexity index is 482. The summed E-state index contributed by atoms with van der Waals surface area (Å²) in [6.07, 6.45) is 3.63. The fourth-order valence-electron chi connectivity index (χ4n) is 1.23. The summed E-state index contributed by atoms with van der Waals surface area (Å²) in [5.41, 5.74) is 2.03. The third-order valence-electron chi connectivity index (χ3n) is 2.00. The van der Waals surface area contributed by atoms with Crippen LogP contribution in [0.25, 0.3) is 5.69 Å². The zero-order valence-corrected chi connectivity index (χ0v) is 11.6. The first-order chi connectivity index (χ1) is 7.20. The molecular weight excluding hydrogens is 343 g/mol. The van der Waals surface area contributed by atoms with Crippen LogP contribution >= 0.6 is 43.5 Å². The Hall–Kier alpha value is -0.320. The molecule has 1 heterocycles. The van der Waals surface area contributed by atoms with E-state index in [-0.39, 0.29) is 0 Å². The highest BCUT2D eigenvalue weighted by Crippen LogP contribution is 2.22. The van der Waals surface area contributed by atoms with Crippen LogP contribution in [0.5, 0.6) is 0 Å². The van der Waals surface area contributed by atoms with Crippen molar-refractivity contribution in [1.29, 1.82) is 0 Å². The van der Waals surface area contributed by atoms with Gasteiger partial charge in [-0.25, -0.2) is 4.68 Å². The molecule has 0 spiro atoms. The monoisotopic (exact) mass is 348 g/mol. The minimum Gasteiger partial charge on any atom is -0.240 e. The number of hydrogen-bond donors (Lipinski definition) is 0. The highest BCUT2D eigenvalue weighted by Gasteiger charge is 2.03. The molecule has 5 heteroatoms. The van der Waals surface area contributed by atoms with Crippen LogP contribution in [0.3, 0.4) is 0 Å². The predicted molar refractivity (Wildman–Crippen MR) is 68.9 cm³/mol. The van der Waals surface area contributed by atoms with Gasteiger partial charge in [-0.15, -0.1) is 0 Å². The van der Waals surface area contributed by atoms with Crippen molar-refractivity contribution in [1.82, 2.24) is 9.78 Å². The molecule has 0 amide bonds. The smallest absolute Gasteiger partial charge is 0.0661 e. The van der Waals surface area contributed by atoms with Gasteiger partial charge < -0.3 is 0 Å². The van der Waals surface area contributed by atoms with Crippen molar-refractivity contribution < 1.29 is 0 Å². The lowest BCUT2D eigenvalue weighted by atomic mass is 10.2. The van der Waals surface area contributed by atoms with E-state index in [2.05, 4.69) is 37.0 Å². The van der Waals surface area contributed by atoms with Crippen molar-refractivity contribution in [3.05, 3.63) is 45.7 Å². The molecule has 15 heavy (non-hydrogen) atoms. The topological polar surface area (TPSA) is 17.8 Å². The number of hydrogen-bond acceptors (Lipinski definition) is 1. The SMILES string of the molecule is Clc1cc(-n2cc(Br)cn2)ccc1CBr. The Morgan fingerprint density at radius 2 is 2.20 bits per heavy atom. The van der Waals surface area contributed by atoms with Crippen molar-refractivity contribution in [2.45, 2.75) is 5.33 Å². The summed E-state index contributed by atoms with van der Waals surface area (Å²) >= 11 is 12.8. The zero-order chi connectivity index (χ0) is 10.8. The van der Waals surface area contributed by atoms with E-state index in [0.29, 0.717) is 0 Å². The Morgan fingerprint density at radius 3 is 2.73 bits per heavy atom. The lowest BCUT2D eigenvalue weighted by Gasteiger charge is -2.04. The van der Waals surface area contributed by atoms with Gasteiger partial charge in [0.1, 0.15) is 0 Å². The van der Waals surface area contributed by atoms with Gasteiger partial charge in [-0.05, 0) is 33.6 Å². The van der Waals surface area contributed by atoms with Crippen LogP contribution in [0.4, 0.5) is 0 Å². The maximum atomic E-state index is 6.10. The molecule has 0 aliphatic heterocycles. The molecule has 0 radical (unpaired) electrons. The molecule has 78 valence electrons. The maximum absolute atomic E-state index is 6.10. The molecule has 1 aromatic carbocycles. The van der Waals surface area contributed by atoms with E-state index >= 15 is 0 Å². The molecule has 0 saturated heterocycles. The molecule has 0 bridgehead atoms. The largest absolute Gasteiger partial charge is 0.240 e. The molecule has 0 N–H and O–H groups in total. The van der Waals surface area contributed by atoms with Crippen LogP contribution in [0.1, 0.15) is 5.56 Å². The van der Waals surface area contributed by atoms with E-state index < -0.39 is 0 Å². The van der Waals surface area contributed by atoms with Gasteiger partial charge in [-0.3, -0.25) is 0 Å². The molecule has 0 aliphatic rings. The molecular formula is C10H7Br2ClN2. The van der Waals surface area contributed by atoms with Crippen molar-refractivity contribution in [3.8, 4) is 5.69 Å². The van der Waals surface area contributed by atoms with E-state index in [1.165, 1.54) is 0 Å². The third kappa shape index (κ3) is 2.44. The number of benzene rings is 1. The van der Waals surface area contributed by atoms with Gasteiger partial charge in [-0.2, -0.15) is 5.10 Å². The first kappa shape index (κ1) is 11.2. The number of aromatic nitrogens is 2. The van der Waals surface area contributed by atoms with Crippen molar-refractivity contribution in [3.63, 3.8) is 0 Å². The Labute approximate surface area is 109 Å². The fourth-order valence-corrected chi connectivity index (χ4v) is 2.41. The Kier molecular flexibility index (Phi) is 3.49. The Morgan fingerprint density at radius 1 is 1.40 bits per heavy atom.